The van der Waals surface area contributed by atoms with Gasteiger partial charge in [0.1, 0.15) is 5.52 Å². The number of nitrogen functional groups attached to an aromatic ring is 1. The number of aliphatic hydroxyl groups excluding tert-OH is 1. The number of rotatable bonds is 1. The number of aliphatic hydroxyl groups is 1. The summed E-state index contributed by atoms with van der Waals surface area (Å²) in [5.41, 5.74) is 7.47. The first-order valence-electron chi connectivity index (χ1n) is 3.55. The molecular formula is C8H8N2O2. The molecule has 0 amide bonds. The maximum atomic E-state index is 8.81. The second-order valence-electron chi connectivity index (χ2n) is 2.51. The molecule has 0 saturated carbocycles. The Bertz CT molecular complexity index is 408. The van der Waals surface area contributed by atoms with E-state index >= 15 is 0 Å². The summed E-state index contributed by atoms with van der Waals surface area (Å²) < 4.78 is 5.05. The third-order valence-corrected chi connectivity index (χ3v) is 1.65. The van der Waals surface area contributed by atoms with Crippen LogP contribution in [0.15, 0.2) is 22.6 Å². The number of oxazole rings is 1. The molecule has 1 aromatic heterocycles. The molecule has 4 nitrogen and oxygen atoms in total. The number of anilines is 1. The van der Waals surface area contributed by atoms with Crippen molar-refractivity contribution in [2.45, 2.75) is 6.61 Å². The summed E-state index contributed by atoms with van der Waals surface area (Å²) in [6.07, 6.45) is 0. The van der Waals surface area contributed by atoms with Crippen molar-refractivity contribution in [1.82, 2.24) is 4.98 Å². The molecule has 0 radical (unpaired) electrons. The smallest absolute Gasteiger partial charge is 0.292 e. The number of nitrogens with zero attached hydrogens (tertiary/aromatic N) is 1. The quantitative estimate of drug-likeness (QED) is 0.656. The van der Waals surface area contributed by atoms with Gasteiger partial charge in [0.05, 0.1) is 6.61 Å². The van der Waals surface area contributed by atoms with E-state index in [-0.39, 0.29) is 12.6 Å². The number of aromatic nitrogens is 1. The van der Waals surface area contributed by atoms with Gasteiger partial charge in [0, 0.05) is 0 Å². The first-order valence-corrected chi connectivity index (χ1v) is 3.55. The summed E-state index contributed by atoms with van der Waals surface area (Å²) >= 11 is 0. The highest BCUT2D eigenvalue weighted by atomic mass is 16.4. The van der Waals surface area contributed by atoms with Gasteiger partial charge < -0.3 is 15.3 Å². The first-order chi connectivity index (χ1) is 5.79. The minimum atomic E-state index is 0.00268. The Morgan fingerprint density at radius 2 is 2.33 bits per heavy atom. The molecule has 62 valence electrons. The topological polar surface area (TPSA) is 72.3 Å². The van der Waals surface area contributed by atoms with Gasteiger partial charge in [-0.3, -0.25) is 0 Å². The Morgan fingerprint density at radius 1 is 1.50 bits per heavy atom. The van der Waals surface area contributed by atoms with Crippen molar-refractivity contribution < 1.29 is 9.52 Å². The predicted molar refractivity (Wildman–Crippen MR) is 44.3 cm³/mol. The Balaban J connectivity index is 2.66. The van der Waals surface area contributed by atoms with Crippen molar-refractivity contribution in [3.8, 4) is 0 Å². The molecule has 0 fully saturated rings. The van der Waals surface area contributed by atoms with Crippen LogP contribution in [0.25, 0.3) is 11.1 Å². The molecular weight excluding hydrogens is 156 g/mol. The molecule has 1 aromatic carbocycles. The Kier molecular flexibility index (Phi) is 1.48. The Hall–Kier alpha value is -1.55. The number of hydrogen-bond acceptors (Lipinski definition) is 4. The van der Waals surface area contributed by atoms with Gasteiger partial charge >= 0.3 is 0 Å². The molecule has 0 bridgehead atoms. The molecule has 0 aliphatic carbocycles. The fourth-order valence-electron chi connectivity index (χ4n) is 1.09. The summed E-state index contributed by atoms with van der Waals surface area (Å²) in [5, 5.41) is 8.81. The molecule has 12 heavy (non-hydrogen) atoms. The largest absolute Gasteiger partial charge is 0.424 e. The normalized spacial score (nSPS) is 10.8. The summed E-state index contributed by atoms with van der Waals surface area (Å²) in [6, 6.07) is 5.41. The van der Waals surface area contributed by atoms with Crippen molar-refractivity contribution in [1.29, 1.82) is 0 Å². The summed E-state index contributed by atoms with van der Waals surface area (Å²) in [6.45, 7) is 0.00268. The van der Waals surface area contributed by atoms with E-state index in [0.29, 0.717) is 11.1 Å². The van der Waals surface area contributed by atoms with Gasteiger partial charge in [-0.15, -0.1) is 0 Å². The fourth-order valence-corrected chi connectivity index (χ4v) is 1.09. The highest BCUT2D eigenvalue weighted by molar-refractivity contribution is 5.74. The molecule has 0 unspecified atom stereocenters. The molecule has 0 spiro atoms. The molecule has 1 heterocycles. The van der Waals surface area contributed by atoms with Crippen molar-refractivity contribution in [2.75, 3.05) is 5.73 Å². The lowest BCUT2D eigenvalue weighted by Gasteiger charge is -1.92. The lowest BCUT2D eigenvalue weighted by molar-refractivity contribution is 0.282. The van der Waals surface area contributed by atoms with E-state index in [4.69, 9.17) is 15.3 Å². The average molecular weight is 164 g/mol. The summed E-state index contributed by atoms with van der Waals surface area (Å²) in [4.78, 5) is 3.92. The van der Waals surface area contributed by atoms with Gasteiger partial charge in [-0.25, -0.2) is 0 Å². The maximum absolute atomic E-state index is 8.81. The monoisotopic (exact) mass is 164 g/mol. The third-order valence-electron chi connectivity index (χ3n) is 1.65. The van der Waals surface area contributed by atoms with E-state index in [1.54, 1.807) is 18.2 Å². The van der Waals surface area contributed by atoms with Crippen LogP contribution < -0.4 is 5.73 Å². The lowest BCUT2D eigenvalue weighted by atomic mass is 10.2. The molecule has 0 aliphatic rings. The van der Waals surface area contributed by atoms with Crippen LogP contribution >= 0.6 is 0 Å². The maximum Gasteiger partial charge on any atom is 0.292 e. The van der Waals surface area contributed by atoms with Crippen molar-refractivity contribution in [2.24, 2.45) is 0 Å². The zero-order valence-corrected chi connectivity index (χ0v) is 6.32. The zero-order valence-electron chi connectivity index (χ0n) is 6.32. The zero-order chi connectivity index (χ0) is 8.55. The second-order valence-corrected chi connectivity index (χ2v) is 2.51. The van der Waals surface area contributed by atoms with Crippen LogP contribution in [0.1, 0.15) is 5.56 Å². The van der Waals surface area contributed by atoms with Gasteiger partial charge in [-0.1, -0.05) is 6.07 Å². The average Bonchev–Trinajstić information content (AvgIpc) is 2.43. The van der Waals surface area contributed by atoms with E-state index in [1.807, 2.05) is 0 Å². The molecule has 4 heteroatoms. The van der Waals surface area contributed by atoms with E-state index in [0.717, 1.165) is 5.56 Å². The van der Waals surface area contributed by atoms with Gasteiger partial charge in [-0.05, 0) is 17.7 Å². The van der Waals surface area contributed by atoms with E-state index in [1.165, 1.54) is 0 Å². The van der Waals surface area contributed by atoms with Gasteiger partial charge in [0.15, 0.2) is 5.58 Å². The molecule has 3 N–H and O–H groups in total. The van der Waals surface area contributed by atoms with Crippen molar-refractivity contribution >= 4 is 17.1 Å². The van der Waals surface area contributed by atoms with Crippen LogP contribution in [0.2, 0.25) is 0 Å². The SMILES string of the molecule is Nc1nc2cc(CO)ccc2o1. The van der Waals surface area contributed by atoms with E-state index in [2.05, 4.69) is 4.98 Å². The number of nitrogens with two attached hydrogens (primary N) is 1. The molecule has 2 aromatic rings. The minimum Gasteiger partial charge on any atom is -0.424 e. The molecule has 0 atom stereocenters. The van der Waals surface area contributed by atoms with Crippen molar-refractivity contribution in [3.63, 3.8) is 0 Å². The third kappa shape index (κ3) is 1.02. The van der Waals surface area contributed by atoms with Crippen LogP contribution in [-0.2, 0) is 6.61 Å². The Morgan fingerprint density at radius 3 is 3.08 bits per heavy atom. The number of fused-ring (bicyclic) bond motifs is 1. The van der Waals surface area contributed by atoms with Crippen LogP contribution in [0.5, 0.6) is 0 Å². The number of benzene rings is 1. The van der Waals surface area contributed by atoms with Crippen molar-refractivity contribution in [3.05, 3.63) is 23.8 Å². The van der Waals surface area contributed by atoms with Gasteiger partial charge in [0.2, 0.25) is 0 Å². The first kappa shape index (κ1) is 7.12. The van der Waals surface area contributed by atoms with Crippen LogP contribution in [0, 0.1) is 0 Å². The lowest BCUT2D eigenvalue weighted by Crippen LogP contribution is -1.82. The van der Waals surface area contributed by atoms with Crippen LogP contribution in [0.3, 0.4) is 0 Å². The Labute approximate surface area is 68.6 Å². The van der Waals surface area contributed by atoms with E-state index < -0.39 is 0 Å². The van der Waals surface area contributed by atoms with Crippen LogP contribution in [0.4, 0.5) is 6.01 Å². The van der Waals surface area contributed by atoms with E-state index in [9.17, 15) is 0 Å². The standard InChI is InChI=1S/C8H8N2O2/c9-8-10-6-3-5(4-11)1-2-7(6)12-8/h1-3,11H,4H2,(H2,9,10). The highest BCUT2D eigenvalue weighted by Crippen LogP contribution is 2.17. The highest BCUT2D eigenvalue weighted by Gasteiger charge is 2.02. The molecule has 0 aliphatic heterocycles. The van der Waals surface area contributed by atoms with Gasteiger partial charge in [0.25, 0.3) is 6.01 Å². The number of hydrogen-bond donors (Lipinski definition) is 2. The molecule has 0 saturated heterocycles. The predicted octanol–water partition coefficient (Wildman–Crippen LogP) is 0.902. The van der Waals surface area contributed by atoms with Crippen LogP contribution in [-0.4, -0.2) is 10.1 Å². The molecule has 2 rings (SSSR count). The fraction of sp³-hybridized carbons (Fsp3) is 0.125. The van der Waals surface area contributed by atoms with Gasteiger partial charge in [-0.2, -0.15) is 4.98 Å². The summed E-state index contributed by atoms with van der Waals surface area (Å²) in [7, 11) is 0. The minimum absolute atomic E-state index is 0.00268. The second kappa shape index (κ2) is 2.49. The summed E-state index contributed by atoms with van der Waals surface area (Å²) in [5.74, 6) is 0.